The van der Waals surface area contributed by atoms with Crippen molar-refractivity contribution in [2.45, 2.75) is 132 Å². The zero-order chi connectivity index (χ0) is 23.1. The molecule has 1 N–H and O–H groups in total. The molecular weight excluding hydrogens is 388 g/mol. The molecule has 0 aromatic rings. The Morgan fingerprint density at radius 2 is 1.59 bits per heavy atom. The highest BCUT2D eigenvalue weighted by atomic mass is 16.3. The van der Waals surface area contributed by atoms with Gasteiger partial charge in [-0.1, -0.05) is 61.3 Å². The van der Waals surface area contributed by atoms with Gasteiger partial charge in [0.05, 0.1) is 6.10 Å². The van der Waals surface area contributed by atoms with Crippen LogP contribution in [0, 0.1) is 63.1 Å². The van der Waals surface area contributed by atoms with Gasteiger partial charge in [-0.2, -0.15) is 0 Å². The highest BCUT2D eigenvalue weighted by molar-refractivity contribution is 5.29. The average molecular weight is 443 g/mol. The lowest BCUT2D eigenvalue weighted by molar-refractivity contribution is -0.143. The minimum atomic E-state index is -0.0289. The first kappa shape index (κ1) is 23.7. The van der Waals surface area contributed by atoms with Crippen LogP contribution in [0.1, 0.15) is 126 Å². The summed E-state index contributed by atoms with van der Waals surface area (Å²) in [7, 11) is 0. The molecule has 184 valence electrons. The monoisotopic (exact) mass is 442 g/mol. The topological polar surface area (TPSA) is 20.2 Å². The van der Waals surface area contributed by atoms with Gasteiger partial charge >= 0.3 is 0 Å². The first-order valence-electron chi connectivity index (χ1n) is 14.7. The largest absolute Gasteiger partial charge is 0.393 e. The minimum absolute atomic E-state index is 0.0289. The summed E-state index contributed by atoms with van der Waals surface area (Å²) < 4.78 is 0. The van der Waals surface area contributed by atoms with Gasteiger partial charge in [-0.15, -0.1) is 0 Å². The van der Waals surface area contributed by atoms with Gasteiger partial charge < -0.3 is 5.11 Å². The molecule has 0 amide bonds. The van der Waals surface area contributed by atoms with E-state index in [0.717, 1.165) is 41.9 Å². The maximum Gasteiger partial charge on any atom is 0.0568 e. The van der Waals surface area contributed by atoms with Gasteiger partial charge in [0.1, 0.15) is 0 Å². The molecule has 0 saturated heterocycles. The van der Waals surface area contributed by atoms with E-state index < -0.39 is 0 Å². The third-order valence-electron chi connectivity index (χ3n) is 13.9. The van der Waals surface area contributed by atoms with Gasteiger partial charge in [0.15, 0.2) is 0 Å². The number of rotatable bonds is 6. The van der Waals surface area contributed by atoms with Crippen LogP contribution < -0.4 is 0 Å². The van der Waals surface area contributed by atoms with Crippen LogP contribution in [0.4, 0.5) is 0 Å². The molecule has 5 rings (SSSR count). The van der Waals surface area contributed by atoms with Crippen LogP contribution in [0.15, 0.2) is 0 Å². The van der Waals surface area contributed by atoms with Crippen molar-refractivity contribution in [1.82, 2.24) is 0 Å². The van der Waals surface area contributed by atoms with E-state index in [1.54, 1.807) is 0 Å². The van der Waals surface area contributed by atoms with Gasteiger partial charge in [0.2, 0.25) is 0 Å². The van der Waals surface area contributed by atoms with E-state index in [2.05, 4.69) is 48.5 Å². The van der Waals surface area contributed by atoms with Crippen molar-refractivity contribution in [3.05, 3.63) is 0 Å². The van der Waals surface area contributed by atoms with Gasteiger partial charge in [-0.25, -0.2) is 0 Å². The summed E-state index contributed by atoms with van der Waals surface area (Å²) in [5.41, 5.74) is 2.38. The molecule has 5 saturated carbocycles. The quantitative estimate of drug-likeness (QED) is 0.437. The van der Waals surface area contributed by atoms with E-state index in [0.29, 0.717) is 27.6 Å². The molecule has 5 aliphatic carbocycles. The van der Waals surface area contributed by atoms with Crippen LogP contribution in [0.2, 0.25) is 0 Å². The van der Waals surface area contributed by atoms with Crippen molar-refractivity contribution in [3.63, 3.8) is 0 Å². The summed E-state index contributed by atoms with van der Waals surface area (Å²) in [6, 6.07) is 0. The molecular formula is C31H54O. The molecule has 0 aromatic carbocycles. The Morgan fingerprint density at radius 3 is 2.28 bits per heavy atom. The van der Waals surface area contributed by atoms with Crippen LogP contribution in [-0.4, -0.2) is 11.2 Å². The van der Waals surface area contributed by atoms with Crippen molar-refractivity contribution in [2.75, 3.05) is 0 Å². The lowest BCUT2D eigenvalue weighted by Gasteiger charge is -2.62. The SMILES string of the molecule is CCC(CC[C@@H](C)[C@H]1CC[C@@]2(C)[C@@H]3CC[C@H]4[C@H](C)[C@@H](O)CC[C@@]45C[C@@]35CC[C@]12C)C(C)C. The summed E-state index contributed by atoms with van der Waals surface area (Å²) in [5.74, 6) is 5.89. The number of aliphatic hydroxyl groups is 1. The maximum atomic E-state index is 10.6. The Hall–Kier alpha value is -0.0400. The second kappa shape index (κ2) is 7.73. The average Bonchev–Trinajstić information content (AvgIpc) is 3.33. The van der Waals surface area contributed by atoms with Crippen molar-refractivity contribution in [2.24, 2.45) is 63.1 Å². The molecule has 2 spiro atoms. The van der Waals surface area contributed by atoms with Crippen LogP contribution in [0.3, 0.4) is 0 Å². The van der Waals surface area contributed by atoms with Crippen LogP contribution in [-0.2, 0) is 0 Å². The molecule has 0 bridgehead atoms. The summed E-state index contributed by atoms with van der Waals surface area (Å²) in [6.07, 6.45) is 17.0. The standard InChI is InChI=1S/C31H54O/c1-8-23(20(2)3)10-9-21(4)24-13-15-29(7)27-12-11-25-22(5)26(32)14-16-30(25)19-31(27,30)18-17-28(24,29)6/h20-27,32H,8-19H2,1-7H3/t21-,22+,23?,24-,25+,26+,27+,28-,29+,30-,31+/m1/s1. The fraction of sp³-hybridized carbons (Fsp3) is 1.00. The van der Waals surface area contributed by atoms with E-state index >= 15 is 0 Å². The van der Waals surface area contributed by atoms with E-state index in [-0.39, 0.29) is 6.10 Å². The highest BCUT2D eigenvalue weighted by Gasteiger charge is 2.81. The molecule has 5 aliphatic rings. The van der Waals surface area contributed by atoms with Crippen molar-refractivity contribution < 1.29 is 5.11 Å². The van der Waals surface area contributed by atoms with E-state index in [4.69, 9.17) is 0 Å². The first-order valence-corrected chi connectivity index (χ1v) is 14.7. The lowest BCUT2D eigenvalue weighted by atomic mass is 9.43. The third kappa shape index (κ3) is 2.91. The van der Waals surface area contributed by atoms with Crippen LogP contribution in [0.25, 0.3) is 0 Å². The summed E-state index contributed by atoms with van der Waals surface area (Å²) in [5, 5.41) is 10.6. The van der Waals surface area contributed by atoms with Crippen molar-refractivity contribution in [3.8, 4) is 0 Å². The molecule has 11 atom stereocenters. The Labute approximate surface area is 199 Å². The maximum absolute atomic E-state index is 10.6. The molecule has 1 unspecified atom stereocenters. The lowest BCUT2D eigenvalue weighted by Crippen LogP contribution is -2.55. The zero-order valence-corrected chi connectivity index (χ0v) is 22.6. The number of hydrogen-bond donors (Lipinski definition) is 1. The van der Waals surface area contributed by atoms with Crippen molar-refractivity contribution >= 4 is 0 Å². The van der Waals surface area contributed by atoms with Crippen LogP contribution in [0.5, 0.6) is 0 Å². The molecule has 0 radical (unpaired) electrons. The Balaban J connectivity index is 1.35. The molecule has 1 heteroatoms. The van der Waals surface area contributed by atoms with Gasteiger partial charge in [0.25, 0.3) is 0 Å². The van der Waals surface area contributed by atoms with Crippen molar-refractivity contribution in [1.29, 1.82) is 0 Å². The molecule has 0 heterocycles. The smallest absolute Gasteiger partial charge is 0.0568 e. The predicted molar refractivity (Wildman–Crippen MR) is 135 cm³/mol. The highest BCUT2D eigenvalue weighted by Crippen LogP contribution is 2.88. The number of aliphatic hydroxyl groups excluding tert-OH is 1. The van der Waals surface area contributed by atoms with E-state index in [1.165, 1.54) is 70.6 Å². The zero-order valence-electron chi connectivity index (χ0n) is 22.6. The minimum Gasteiger partial charge on any atom is -0.393 e. The number of hydrogen-bond acceptors (Lipinski definition) is 1. The second-order valence-electron chi connectivity index (χ2n) is 14.6. The molecule has 32 heavy (non-hydrogen) atoms. The number of fused-ring (bicyclic) bond motifs is 2. The second-order valence-corrected chi connectivity index (χ2v) is 14.6. The Bertz CT molecular complexity index is 713. The van der Waals surface area contributed by atoms with Gasteiger partial charge in [-0.05, 0) is 127 Å². The molecule has 5 fully saturated rings. The Kier molecular flexibility index (Phi) is 5.72. The van der Waals surface area contributed by atoms with Gasteiger partial charge in [0, 0.05) is 0 Å². The van der Waals surface area contributed by atoms with E-state index in [1.807, 2.05) is 0 Å². The summed E-state index contributed by atoms with van der Waals surface area (Å²) in [6.45, 7) is 17.8. The molecule has 1 nitrogen and oxygen atoms in total. The van der Waals surface area contributed by atoms with E-state index in [9.17, 15) is 5.11 Å². The normalized spacial score (nSPS) is 53.7. The molecule has 0 aliphatic heterocycles. The first-order chi connectivity index (χ1) is 15.1. The van der Waals surface area contributed by atoms with Gasteiger partial charge in [-0.3, -0.25) is 0 Å². The third-order valence-corrected chi connectivity index (χ3v) is 13.9. The van der Waals surface area contributed by atoms with Crippen LogP contribution >= 0.6 is 0 Å². The molecule has 0 aromatic heterocycles. The summed E-state index contributed by atoms with van der Waals surface area (Å²) in [4.78, 5) is 0. The predicted octanol–water partition coefficient (Wildman–Crippen LogP) is 8.49. The fourth-order valence-corrected chi connectivity index (χ4v) is 11.7. The summed E-state index contributed by atoms with van der Waals surface area (Å²) >= 11 is 0. The Morgan fingerprint density at radius 1 is 0.844 bits per heavy atom. The fourth-order valence-electron chi connectivity index (χ4n) is 11.7.